The largest absolute Gasteiger partial charge is 0.395 e. The maximum absolute atomic E-state index is 13.8. The standard InChI is InChI=1S/C26H34FN7O4Si/c1-16(25(36)28-8-9-35)30-26(37)19-14-34(15-38-10-11-39(3,4)5)24-23(19)31-20(13-29-24)22-18-7-6-17(27)12-21(18)33(2)32-22/h6-7,12-14,16,35H,8-11,15H2,1-5H3,(H,28,36)(H,30,37)/t16-/m1/s1. The normalized spacial score (nSPS) is 12.7. The molecule has 0 saturated carbocycles. The van der Waals surface area contributed by atoms with Crippen LogP contribution < -0.4 is 10.6 Å². The Hall–Kier alpha value is -3.68. The van der Waals surface area contributed by atoms with Crippen molar-refractivity contribution in [3.63, 3.8) is 0 Å². The third kappa shape index (κ3) is 6.49. The molecule has 0 saturated heterocycles. The van der Waals surface area contributed by atoms with Crippen LogP contribution in [-0.2, 0) is 23.3 Å². The topological polar surface area (TPSA) is 136 Å². The number of aliphatic hydroxyl groups excluding tert-OH is 1. The second-order valence-electron chi connectivity index (χ2n) is 10.6. The summed E-state index contributed by atoms with van der Waals surface area (Å²) in [6, 6.07) is 4.53. The van der Waals surface area contributed by atoms with Crippen molar-refractivity contribution in [3.8, 4) is 11.4 Å². The average molecular weight is 556 g/mol. The van der Waals surface area contributed by atoms with E-state index in [1.54, 1.807) is 41.7 Å². The third-order valence-electron chi connectivity index (χ3n) is 6.24. The lowest BCUT2D eigenvalue weighted by molar-refractivity contribution is -0.122. The lowest BCUT2D eigenvalue weighted by Crippen LogP contribution is -2.45. The molecular weight excluding hydrogens is 521 g/mol. The molecule has 0 radical (unpaired) electrons. The summed E-state index contributed by atoms with van der Waals surface area (Å²) in [6.07, 6.45) is 3.18. The number of aromatic nitrogens is 5. The SMILES string of the molecule is C[C@@H](NC(=O)c1cn(COCC[Si](C)(C)C)c2ncc(-c3nn(C)c4cc(F)ccc34)nc12)C(=O)NCCO. The number of aryl methyl sites for hydroxylation is 1. The number of carbonyl (C=O) groups is 2. The number of hydrogen-bond acceptors (Lipinski definition) is 7. The van der Waals surface area contributed by atoms with Crippen LogP contribution in [0.4, 0.5) is 4.39 Å². The number of nitrogens with one attached hydrogen (secondary N) is 2. The van der Waals surface area contributed by atoms with Crippen LogP contribution in [0.15, 0.2) is 30.6 Å². The summed E-state index contributed by atoms with van der Waals surface area (Å²) in [5.41, 5.74) is 2.51. The molecule has 0 fully saturated rings. The summed E-state index contributed by atoms with van der Waals surface area (Å²) in [5, 5.41) is 19.4. The van der Waals surface area contributed by atoms with E-state index in [0.29, 0.717) is 40.1 Å². The molecule has 2 amide bonds. The van der Waals surface area contributed by atoms with Crippen LogP contribution in [0.25, 0.3) is 33.5 Å². The van der Waals surface area contributed by atoms with Crippen LogP contribution in [0.5, 0.6) is 0 Å². The van der Waals surface area contributed by atoms with Crippen molar-refractivity contribution in [2.24, 2.45) is 7.05 Å². The van der Waals surface area contributed by atoms with E-state index < -0.39 is 25.9 Å². The van der Waals surface area contributed by atoms with Gasteiger partial charge in [0.1, 0.15) is 35.5 Å². The Morgan fingerprint density at radius 2 is 2.03 bits per heavy atom. The Morgan fingerprint density at radius 3 is 2.74 bits per heavy atom. The number of carbonyl (C=O) groups excluding carboxylic acids is 2. The first-order chi connectivity index (χ1) is 18.5. The molecule has 4 aromatic rings. The Balaban J connectivity index is 1.71. The number of fused-ring (bicyclic) bond motifs is 2. The number of nitrogens with zero attached hydrogens (tertiary/aromatic N) is 5. The predicted octanol–water partition coefficient (Wildman–Crippen LogP) is 2.66. The van der Waals surface area contributed by atoms with E-state index in [4.69, 9.17) is 14.8 Å². The average Bonchev–Trinajstić information content (AvgIpc) is 3.41. The van der Waals surface area contributed by atoms with Crippen molar-refractivity contribution in [1.29, 1.82) is 0 Å². The summed E-state index contributed by atoms with van der Waals surface area (Å²) in [4.78, 5) is 34.9. The van der Waals surface area contributed by atoms with Crippen molar-refractivity contribution in [2.75, 3.05) is 19.8 Å². The zero-order valence-electron chi connectivity index (χ0n) is 22.8. The number of rotatable bonds is 11. The van der Waals surface area contributed by atoms with E-state index in [9.17, 15) is 14.0 Å². The van der Waals surface area contributed by atoms with Crippen LogP contribution in [0.1, 0.15) is 17.3 Å². The van der Waals surface area contributed by atoms with Gasteiger partial charge in [-0.1, -0.05) is 19.6 Å². The maximum Gasteiger partial charge on any atom is 0.255 e. The molecule has 3 N–H and O–H groups in total. The number of halogens is 1. The lowest BCUT2D eigenvalue weighted by atomic mass is 10.1. The smallest absolute Gasteiger partial charge is 0.255 e. The minimum atomic E-state index is -1.28. The van der Waals surface area contributed by atoms with Gasteiger partial charge in [-0.25, -0.2) is 14.4 Å². The highest BCUT2D eigenvalue weighted by Crippen LogP contribution is 2.29. The van der Waals surface area contributed by atoms with E-state index in [0.717, 1.165) is 6.04 Å². The van der Waals surface area contributed by atoms with Crippen LogP contribution in [0.2, 0.25) is 25.7 Å². The highest BCUT2D eigenvalue weighted by atomic mass is 28.3. The fourth-order valence-corrected chi connectivity index (χ4v) is 4.82. The van der Waals surface area contributed by atoms with Gasteiger partial charge < -0.3 is 25.0 Å². The summed E-state index contributed by atoms with van der Waals surface area (Å²) in [6.45, 7) is 9.01. The molecule has 0 aliphatic carbocycles. The van der Waals surface area contributed by atoms with Crippen molar-refractivity contribution >= 4 is 42.0 Å². The molecule has 208 valence electrons. The van der Waals surface area contributed by atoms with E-state index in [2.05, 4.69) is 40.4 Å². The molecule has 39 heavy (non-hydrogen) atoms. The van der Waals surface area contributed by atoms with Gasteiger partial charge >= 0.3 is 0 Å². The molecule has 11 nitrogen and oxygen atoms in total. The van der Waals surface area contributed by atoms with Crippen molar-refractivity contribution in [3.05, 3.63) is 42.0 Å². The number of ether oxygens (including phenoxy) is 1. The van der Waals surface area contributed by atoms with Crippen LogP contribution in [-0.4, -0.2) is 75.1 Å². The number of aliphatic hydroxyl groups is 1. The number of amides is 2. The zero-order valence-corrected chi connectivity index (χ0v) is 23.8. The van der Waals surface area contributed by atoms with E-state index in [-0.39, 0.29) is 31.3 Å². The van der Waals surface area contributed by atoms with Crippen molar-refractivity contribution in [2.45, 2.75) is 45.4 Å². The second-order valence-corrected chi connectivity index (χ2v) is 16.3. The number of benzene rings is 1. The van der Waals surface area contributed by atoms with Gasteiger partial charge in [-0.2, -0.15) is 5.10 Å². The van der Waals surface area contributed by atoms with E-state index in [1.165, 1.54) is 12.1 Å². The Kier molecular flexibility index (Phi) is 8.42. The van der Waals surface area contributed by atoms with Gasteiger partial charge in [-0.15, -0.1) is 0 Å². The third-order valence-corrected chi connectivity index (χ3v) is 7.95. The van der Waals surface area contributed by atoms with Gasteiger partial charge in [0, 0.05) is 39.9 Å². The Morgan fingerprint density at radius 1 is 1.26 bits per heavy atom. The van der Waals surface area contributed by atoms with Crippen LogP contribution in [0, 0.1) is 5.82 Å². The molecule has 0 bridgehead atoms. The molecular formula is C26H34FN7O4Si. The molecule has 4 rings (SSSR count). The zero-order chi connectivity index (χ0) is 28.3. The Bertz CT molecular complexity index is 1510. The van der Waals surface area contributed by atoms with Gasteiger partial charge in [0.25, 0.3) is 5.91 Å². The van der Waals surface area contributed by atoms with Crippen LogP contribution in [0.3, 0.4) is 0 Å². The lowest BCUT2D eigenvalue weighted by Gasteiger charge is -2.15. The molecule has 3 heterocycles. The van der Waals surface area contributed by atoms with Crippen molar-refractivity contribution < 1.29 is 23.8 Å². The first kappa shape index (κ1) is 28.3. The van der Waals surface area contributed by atoms with E-state index >= 15 is 0 Å². The fraction of sp³-hybridized carbons (Fsp3) is 0.423. The molecule has 3 aromatic heterocycles. The molecule has 1 aromatic carbocycles. The minimum absolute atomic E-state index is 0.0872. The van der Waals surface area contributed by atoms with E-state index in [1.807, 2.05) is 0 Å². The first-order valence-electron chi connectivity index (χ1n) is 12.7. The molecule has 0 aliphatic heterocycles. The maximum atomic E-state index is 13.8. The first-order valence-corrected chi connectivity index (χ1v) is 16.4. The Labute approximate surface area is 226 Å². The highest BCUT2D eigenvalue weighted by Gasteiger charge is 2.23. The second kappa shape index (κ2) is 11.6. The van der Waals surface area contributed by atoms with Gasteiger partial charge in [0.2, 0.25) is 5.91 Å². The molecule has 1 atom stereocenters. The monoisotopic (exact) mass is 555 g/mol. The molecule has 0 unspecified atom stereocenters. The summed E-state index contributed by atoms with van der Waals surface area (Å²) >= 11 is 0. The number of hydrogen-bond donors (Lipinski definition) is 3. The van der Waals surface area contributed by atoms with Gasteiger partial charge in [-0.3, -0.25) is 14.3 Å². The summed E-state index contributed by atoms with van der Waals surface area (Å²) in [5.74, 6) is -1.30. The van der Waals surface area contributed by atoms with Gasteiger partial charge in [-0.05, 0) is 31.2 Å². The molecule has 0 spiro atoms. The van der Waals surface area contributed by atoms with Crippen LogP contribution >= 0.6 is 0 Å². The predicted molar refractivity (Wildman–Crippen MR) is 148 cm³/mol. The van der Waals surface area contributed by atoms with Gasteiger partial charge in [0.15, 0.2) is 5.65 Å². The highest BCUT2D eigenvalue weighted by molar-refractivity contribution is 6.76. The quantitative estimate of drug-likeness (QED) is 0.191. The van der Waals surface area contributed by atoms with Crippen molar-refractivity contribution in [1.82, 2.24) is 34.9 Å². The summed E-state index contributed by atoms with van der Waals surface area (Å²) < 4.78 is 23.0. The minimum Gasteiger partial charge on any atom is -0.395 e. The molecule has 13 heteroatoms. The fourth-order valence-electron chi connectivity index (χ4n) is 4.06. The van der Waals surface area contributed by atoms with Gasteiger partial charge in [0.05, 0.1) is 23.9 Å². The summed E-state index contributed by atoms with van der Waals surface area (Å²) in [7, 11) is 0.434. The molecule has 0 aliphatic rings.